The summed E-state index contributed by atoms with van der Waals surface area (Å²) in [5.41, 5.74) is 3.66. The fraction of sp³-hybridized carbons (Fsp3) is 0.154. The fourth-order valence-electron chi connectivity index (χ4n) is 1.85. The molecule has 0 fully saturated rings. The summed E-state index contributed by atoms with van der Waals surface area (Å²) in [6.07, 6.45) is 1.57. The summed E-state index contributed by atoms with van der Waals surface area (Å²) in [5, 5.41) is 0. The average Bonchev–Trinajstić information content (AvgIpc) is 2.44. The second kappa shape index (κ2) is 5.73. The smallest absolute Gasteiger partial charge is 0.218 e. The Morgan fingerprint density at radius 1 is 1.26 bits per heavy atom. The Morgan fingerprint density at radius 2 is 2.05 bits per heavy atom. The number of nitrogens with zero attached hydrogens (tertiary/aromatic N) is 1. The molecule has 0 saturated carbocycles. The van der Waals surface area contributed by atoms with E-state index in [1.54, 1.807) is 18.3 Å². The Bertz CT molecular complexity index is 578. The minimum absolute atomic E-state index is 0.371. The van der Waals surface area contributed by atoms with Crippen molar-refractivity contribution in [1.82, 2.24) is 10.4 Å². The van der Waals surface area contributed by atoms with Gasteiger partial charge in [-0.15, -0.1) is 0 Å². The van der Waals surface area contributed by atoms with Crippen LogP contribution in [-0.2, 0) is 0 Å². The van der Waals surface area contributed by atoms with Crippen molar-refractivity contribution in [2.75, 3.05) is 7.11 Å². The van der Waals surface area contributed by atoms with E-state index in [1.165, 1.54) is 13.2 Å². The van der Waals surface area contributed by atoms with E-state index in [9.17, 15) is 8.78 Å². The summed E-state index contributed by atoms with van der Waals surface area (Å²) in [6, 6.07) is 6.51. The van der Waals surface area contributed by atoms with Gasteiger partial charge in [0.25, 0.3) is 0 Å². The van der Waals surface area contributed by atoms with Crippen molar-refractivity contribution in [2.45, 2.75) is 6.04 Å². The van der Waals surface area contributed by atoms with E-state index in [-0.39, 0.29) is 0 Å². The third kappa shape index (κ3) is 2.69. The lowest BCUT2D eigenvalue weighted by atomic mass is 10.00. The Hall–Kier alpha value is -2.05. The van der Waals surface area contributed by atoms with Crippen LogP contribution in [0.5, 0.6) is 5.88 Å². The molecule has 0 radical (unpaired) electrons. The fourth-order valence-corrected chi connectivity index (χ4v) is 1.85. The number of halogens is 2. The van der Waals surface area contributed by atoms with Crippen molar-refractivity contribution in [3.8, 4) is 5.88 Å². The summed E-state index contributed by atoms with van der Waals surface area (Å²) in [5.74, 6) is 4.03. The molecule has 19 heavy (non-hydrogen) atoms. The summed E-state index contributed by atoms with van der Waals surface area (Å²) >= 11 is 0. The van der Waals surface area contributed by atoms with E-state index in [0.717, 1.165) is 12.1 Å². The second-order valence-electron chi connectivity index (χ2n) is 3.88. The van der Waals surface area contributed by atoms with Crippen LogP contribution in [0.15, 0.2) is 36.5 Å². The van der Waals surface area contributed by atoms with Gasteiger partial charge in [-0.05, 0) is 23.8 Å². The van der Waals surface area contributed by atoms with Gasteiger partial charge in [0.2, 0.25) is 5.88 Å². The van der Waals surface area contributed by atoms with Crippen molar-refractivity contribution in [1.29, 1.82) is 0 Å². The Balaban J connectivity index is 2.46. The number of hydrazine groups is 1. The van der Waals surface area contributed by atoms with Crippen molar-refractivity contribution in [3.05, 3.63) is 59.3 Å². The van der Waals surface area contributed by atoms with Crippen molar-refractivity contribution in [3.63, 3.8) is 0 Å². The summed E-state index contributed by atoms with van der Waals surface area (Å²) in [7, 11) is 1.48. The molecule has 0 spiro atoms. The molecule has 1 aromatic carbocycles. The number of ether oxygens (including phenoxy) is 1. The third-order valence-corrected chi connectivity index (χ3v) is 2.75. The van der Waals surface area contributed by atoms with E-state index in [4.69, 9.17) is 10.6 Å². The van der Waals surface area contributed by atoms with Gasteiger partial charge < -0.3 is 4.74 Å². The lowest BCUT2D eigenvalue weighted by Gasteiger charge is -2.18. The van der Waals surface area contributed by atoms with Gasteiger partial charge in [0.1, 0.15) is 0 Å². The maximum Gasteiger partial charge on any atom is 0.218 e. The highest BCUT2D eigenvalue weighted by atomic mass is 19.2. The topological polar surface area (TPSA) is 60.2 Å². The number of methoxy groups -OCH3 is 1. The average molecular weight is 265 g/mol. The van der Waals surface area contributed by atoms with Crippen molar-refractivity contribution >= 4 is 0 Å². The van der Waals surface area contributed by atoms with Crippen molar-refractivity contribution in [2.24, 2.45) is 5.84 Å². The van der Waals surface area contributed by atoms with Gasteiger partial charge in [-0.3, -0.25) is 5.84 Å². The van der Waals surface area contributed by atoms with Gasteiger partial charge in [-0.25, -0.2) is 19.2 Å². The van der Waals surface area contributed by atoms with Crippen LogP contribution < -0.4 is 16.0 Å². The third-order valence-electron chi connectivity index (χ3n) is 2.75. The molecule has 0 saturated heterocycles. The van der Waals surface area contributed by atoms with Crippen LogP contribution >= 0.6 is 0 Å². The minimum atomic E-state index is -0.930. The zero-order valence-electron chi connectivity index (χ0n) is 10.2. The largest absolute Gasteiger partial charge is 0.481 e. The SMILES string of the molecule is COc1ncccc1C(NN)c1ccc(F)c(F)c1. The number of nitrogens with one attached hydrogen (secondary N) is 1. The number of hydrogen-bond donors (Lipinski definition) is 2. The number of benzene rings is 1. The van der Waals surface area contributed by atoms with Crippen LogP contribution in [-0.4, -0.2) is 12.1 Å². The molecule has 4 nitrogen and oxygen atoms in total. The molecule has 3 N–H and O–H groups in total. The van der Waals surface area contributed by atoms with Gasteiger partial charge in [-0.2, -0.15) is 0 Å². The predicted molar refractivity (Wildman–Crippen MR) is 66.3 cm³/mol. The zero-order chi connectivity index (χ0) is 13.8. The Kier molecular flexibility index (Phi) is 4.03. The van der Waals surface area contributed by atoms with Crippen LogP contribution in [0.3, 0.4) is 0 Å². The lowest BCUT2D eigenvalue weighted by Crippen LogP contribution is -2.29. The zero-order valence-corrected chi connectivity index (χ0v) is 10.2. The second-order valence-corrected chi connectivity index (χ2v) is 3.88. The Morgan fingerprint density at radius 3 is 2.68 bits per heavy atom. The summed E-state index contributed by atoms with van der Waals surface area (Å²) in [4.78, 5) is 4.05. The first-order valence-corrected chi connectivity index (χ1v) is 5.57. The molecule has 0 aliphatic heterocycles. The molecule has 1 heterocycles. The maximum absolute atomic E-state index is 13.3. The van der Waals surface area contributed by atoms with Crippen LogP contribution in [0.25, 0.3) is 0 Å². The monoisotopic (exact) mass is 265 g/mol. The van der Waals surface area contributed by atoms with Gasteiger partial charge in [0.15, 0.2) is 11.6 Å². The Labute approximate surface area is 109 Å². The number of nitrogens with two attached hydrogens (primary N) is 1. The first kappa shape index (κ1) is 13.4. The molecule has 1 atom stereocenters. The van der Waals surface area contributed by atoms with Gasteiger partial charge in [0.05, 0.1) is 13.2 Å². The molecule has 0 aliphatic carbocycles. The van der Waals surface area contributed by atoms with Gasteiger partial charge in [-0.1, -0.05) is 12.1 Å². The summed E-state index contributed by atoms with van der Waals surface area (Å²) in [6.45, 7) is 0. The van der Waals surface area contributed by atoms with E-state index in [2.05, 4.69) is 10.4 Å². The van der Waals surface area contributed by atoms with Crippen LogP contribution in [0.4, 0.5) is 8.78 Å². The number of rotatable bonds is 4. The first-order chi connectivity index (χ1) is 9.17. The van der Waals surface area contributed by atoms with Gasteiger partial charge >= 0.3 is 0 Å². The van der Waals surface area contributed by atoms with E-state index in [0.29, 0.717) is 17.0 Å². The van der Waals surface area contributed by atoms with Crippen molar-refractivity contribution < 1.29 is 13.5 Å². The highest BCUT2D eigenvalue weighted by molar-refractivity contribution is 5.37. The number of hydrogen-bond acceptors (Lipinski definition) is 4. The quantitative estimate of drug-likeness (QED) is 0.655. The molecule has 1 aromatic heterocycles. The summed E-state index contributed by atoms with van der Waals surface area (Å²) < 4.78 is 31.4. The van der Waals surface area contributed by atoms with E-state index < -0.39 is 17.7 Å². The minimum Gasteiger partial charge on any atom is -0.481 e. The number of aromatic nitrogens is 1. The van der Waals surface area contributed by atoms with Crippen LogP contribution in [0.1, 0.15) is 17.2 Å². The molecular weight excluding hydrogens is 252 g/mol. The molecule has 2 aromatic rings. The number of pyridine rings is 1. The maximum atomic E-state index is 13.3. The van der Waals surface area contributed by atoms with E-state index >= 15 is 0 Å². The molecule has 1 unspecified atom stereocenters. The molecule has 0 bridgehead atoms. The highest BCUT2D eigenvalue weighted by Gasteiger charge is 2.18. The van der Waals surface area contributed by atoms with Gasteiger partial charge in [0, 0.05) is 11.8 Å². The molecule has 0 amide bonds. The normalized spacial score (nSPS) is 12.2. The predicted octanol–water partition coefficient (Wildman–Crippen LogP) is 1.92. The molecular formula is C13H13F2N3O. The molecule has 6 heteroatoms. The molecule has 2 rings (SSSR count). The van der Waals surface area contributed by atoms with Crippen LogP contribution in [0.2, 0.25) is 0 Å². The first-order valence-electron chi connectivity index (χ1n) is 5.57. The standard InChI is InChI=1S/C13H13F2N3O/c1-19-13-9(3-2-6-17-13)12(18-16)8-4-5-10(14)11(15)7-8/h2-7,12,18H,16H2,1H3. The lowest BCUT2D eigenvalue weighted by molar-refractivity contribution is 0.387. The molecule has 0 aliphatic rings. The highest BCUT2D eigenvalue weighted by Crippen LogP contribution is 2.28. The van der Waals surface area contributed by atoms with Crippen LogP contribution in [0, 0.1) is 11.6 Å². The van der Waals surface area contributed by atoms with E-state index in [1.807, 2.05) is 0 Å². The molecule has 100 valence electrons.